The van der Waals surface area contributed by atoms with Crippen molar-refractivity contribution >= 4 is 35.6 Å². The van der Waals surface area contributed by atoms with E-state index in [1.54, 1.807) is 0 Å². The maximum atomic E-state index is 12.7. The van der Waals surface area contributed by atoms with E-state index in [4.69, 9.17) is 19.3 Å². The van der Waals surface area contributed by atoms with E-state index >= 15 is 0 Å². The molecule has 0 heterocycles. The Morgan fingerprint density at radius 1 is 0.762 bits per heavy atom. The summed E-state index contributed by atoms with van der Waals surface area (Å²) >= 11 is 0. The summed E-state index contributed by atoms with van der Waals surface area (Å²) in [6.07, 6.45) is 2.76. The first kappa shape index (κ1) is 36.7. The smallest absolute Gasteiger partial charge is 0.326 e. The minimum Gasteiger partial charge on any atom is -0.481 e. The quantitative estimate of drug-likeness (QED) is 0.0813. The van der Waals surface area contributed by atoms with Gasteiger partial charge in [0.25, 0.3) is 0 Å². The van der Waals surface area contributed by atoms with Crippen LogP contribution in [-0.2, 0) is 43.0 Å². The third-order valence-electron chi connectivity index (χ3n) is 6.68. The average Bonchev–Trinajstić information content (AvgIpc) is 2.95. The Labute approximate surface area is 245 Å². The fourth-order valence-corrected chi connectivity index (χ4v) is 4.28. The Kier molecular flexibility index (Phi) is 19.5. The monoisotopic (exact) mass is 602 g/mol. The molecule has 15 nitrogen and oxygen atoms in total. The summed E-state index contributed by atoms with van der Waals surface area (Å²) in [5.74, 6) is -3.47. The molecule has 0 aliphatic heterocycles. The summed E-state index contributed by atoms with van der Waals surface area (Å²) in [4.78, 5) is 70.2. The highest BCUT2D eigenvalue weighted by Crippen LogP contribution is 2.28. The molecule has 1 fully saturated rings. The molecule has 0 bridgehead atoms. The molecular formula is C27H46N4O11. The van der Waals surface area contributed by atoms with E-state index in [-0.39, 0.29) is 101 Å². The SMILES string of the molecule is COCCNC(=O)COCCOCCNC(=O)CCC(NC(=O)C1CCC(CNC(=O)CCCC(=O)O)CC1)C(=O)O. The van der Waals surface area contributed by atoms with Gasteiger partial charge in [0.05, 0.1) is 26.4 Å². The van der Waals surface area contributed by atoms with E-state index < -0.39 is 18.0 Å². The van der Waals surface area contributed by atoms with E-state index in [2.05, 4.69) is 21.3 Å². The van der Waals surface area contributed by atoms with Gasteiger partial charge in [0.2, 0.25) is 23.6 Å². The van der Waals surface area contributed by atoms with Gasteiger partial charge in [0.15, 0.2) is 0 Å². The lowest BCUT2D eigenvalue weighted by molar-refractivity contribution is -0.143. The molecule has 42 heavy (non-hydrogen) atoms. The van der Waals surface area contributed by atoms with E-state index in [0.29, 0.717) is 45.4 Å². The zero-order valence-corrected chi connectivity index (χ0v) is 24.3. The van der Waals surface area contributed by atoms with Crippen molar-refractivity contribution in [2.75, 3.05) is 59.8 Å². The molecule has 4 amide bonds. The second kappa shape index (κ2) is 22.3. The number of carbonyl (C=O) groups excluding carboxylic acids is 4. The summed E-state index contributed by atoms with van der Waals surface area (Å²) < 4.78 is 15.3. The maximum Gasteiger partial charge on any atom is 0.326 e. The Balaban J connectivity index is 2.17. The molecule has 0 aromatic carbocycles. The maximum absolute atomic E-state index is 12.7. The van der Waals surface area contributed by atoms with Gasteiger partial charge in [-0.2, -0.15) is 0 Å². The van der Waals surface area contributed by atoms with Crippen LogP contribution >= 0.6 is 0 Å². The van der Waals surface area contributed by atoms with Crippen molar-refractivity contribution in [1.82, 2.24) is 21.3 Å². The van der Waals surface area contributed by atoms with Crippen molar-refractivity contribution in [3.63, 3.8) is 0 Å². The van der Waals surface area contributed by atoms with Crippen LogP contribution in [0.2, 0.25) is 0 Å². The second-order valence-electron chi connectivity index (χ2n) is 10.1. The van der Waals surface area contributed by atoms with Crippen molar-refractivity contribution in [3.05, 3.63) is 0 Å². The summed E-state index contributed by atoms with van der Waals surface area (Å²) in [5, 5.41) is 28.7. The molecule has 15 heteroatoms. The van der Waals surface area contributed by atoms with Crippen molar-refractivity contribution < 1.29 is 53.2 Å². The molecule has 1 aliphatic carbocycles. The highest BCUT2D eigenvalue weighted by molar-refractivity contribution is 5.85. The lowest BCUT2D eigenvalue weighted by atomic mass is 9.81. The van der Waals surface area contributed by atoms with Gasteiger partial charge in [-0.15, -0.1) is 0 Å². The van der Waals surface area contributed by atoms with Crippen LogP contribution < -0.4 is 21.3 Å². The number of ether oxygens (including phenoxy) is 3. The fourth-order valence-electron chi connectivity index (χ4n) is 4.28. The number of methoxy groups -OCH3 is 1. The van der Waals surface area contributed by atoms with E-state index in [1.165, 1.54) is 7.11 Å². The van der Waals surface area contributed by atoms with E-state index in [1.807, 2.05) is 0 Å². The molecule has 0 spiro atoms. The Morgan fingerprint density at radius 2 is 1.40 bits per heavy atom. The molecule has 1 saturated carbocycles. The summed E-state index contributed by atoms with van der Waals surface area (Å²) in [5.41, 5.74) is 0. The van der Waals surface area contributed by atoms with Crippen molar-refractivity contribution in [3.8, 4) is 0 Å². The predicted molar refractivity (Wildman–Crippen MR) is 148 cm³/mol. The molecule has 1 atom stereocenters. The summed E-state index contributed by atoms with van der Waals surface area (Å²) in [7, 11) is 1.54. The van der Waals surface area contributed by atoms with Crippen LogP contribution in [0.25, 0.3) is 0 Å². The van der Waals surface area contributed by atoms with Crippen molar-refractivity contribution in [2.45, 2.75) is 63.8 Å². The minimum atomic E-state index is -1.22. The zero-order valence-electron chi connectivity index (χ0n) is 24.3. The lowest BCUT2D eigenvalue weighted by Gasteiger charge is -2.28. The third kappa shape index (κ3) is 18.2. The molecule has 6 N–H and O–H groups in total. The molecule has 0 aromatic rings. The van der Waals surface area contributed by atoms with Gasteiger partial charge >= 0.3 is 11.9 Å². The van der Waals surface area contributed by atoms with Gasteiger partial charge in [-0.05, 0) is 44.4 Å². The third-order valence-corrected chi connectivity index (χ3v) is 6.68. The molecule has 1 unspecified atom stereocenters. The van der Waals surface area contributed by atoms with Crippen molar-refractivity contribution in [1.29, 1.82) is 0 Å². The minimum absolute atomic E-state index is 0.0537. The molecule has 0 saturated heterocycles. The van der Waals surface area contributed by atoms with Crippen LogP contribution in [0.4, 0.5) is 0 Å². The number of carboxylic acid groups (broad SMARTS) is 2. The Morgan fingerprint density at radius 3 is 2.07 bits per heavy atom. The van der Waals surface area contributed by atoms with Gasteiger partial charge in [0, 0.05) is 51.9 Å². The fraction of sp³-hybridized carbons (Fsp3) is 0.778. The predicted octanol–water partition coefficient (Wildman–Crippen LogP) is -0.574. The van der Waals surface area contributed by atoms with Crippen LogP contribution in [0.5, 0.6) is 0 Å². The Hall–Kier alpha value is -3.30. The van der Waals surface area contributed by atoms with Gasteiger partial charge in [0.1, 0.15) is 12.6 Å². The van der Waals surface area contributed by atoms with Crippen LogP contribution in [-0.4, -0.2) is 112 Å². The van der Waals surface area contributed by atoms with E-state index in [0.717, 1.165) is 0 Å². The number of hydrogen-bond acceptors (Lipinski definition) is 9. The number of hydrogen-bond donors (Lipinski definition) is 6. The van der Waals surface area contributed by atoms with Crippen LogP contribution in [0, 0.1) is 11.8 Å². The first-order valence-corrected chi connectivity index (χ1v) is 14.3. The standard InChI is InChI=1S/C27H46N4O11/c1-40-13-11-29-24(34)18-42-16-15-41-14-12-28-23(33)10-9-21(27(38)39)31-26(37)20-7-5-19(6-8-20)17-30-22(32)3-2-4-25(35)36/h19-21H,2-18H2,1H3,(H,28,33)(H,29,34)(H,30,32)(H,31,37)(H,35,36)(H,38,39). The number of carbonyl (C=O) groups is 6. The van der Waals surface area contributed by atoms with Gasteiger partial charge < -0.3 is 45.7 Å². The van der Waals surface area contributed by atoms with Gasteiger partial charge in [-0.25, -0.2) is 4.79 Å². The van der Waals surface area contributed by atoms with Crippen molar-refractivity contribution in [2.24, 2.45) is 11.8 Å². The first-order chi connectivity index (χ1) is 20.1. The number of nitrogens with one attached hydrogen (secondary N) is 4. The second-order valence-corrected chi connectivity index (χ2v) is 10.1. The van der Waals surface area contributed by atoms with E-state index in [9.17, 15) is 33.9 Å². The molecule has 1 rings (SSSR count). The molecule has 0 aromatic heterocycles. The van der Waals surface area contributed by atoms with Crippen LogP contribution in [0.15, 0.2) is 0 Å². The Bertz CT molecular complexity index is 863. The number of rotatable bonds is 23. The lowest BCUT2D eigenvalue weighted by Crippen LogP contribution is -2.45. The highest BCUT2D eigenvalue weighted by atomic mass is 16.5. The molecular weight excluding hydrogens is 556 g/mol. The topological polar surface area (TPSA) is 219 Å². The number of aliphatic carboxylic acids is 2. The number of carboxylic acids is 2. The first-order valence-electron chi connectivity index (χ1n) is 14.3. The largest absolute Gasteiger partial charge is 0.481 e. The highest BCUT2D eigenvalue weighted by Gasteiger charge is 2.29. The average molecular weight is 603 g/mol. The normalized spacial score (nSPS) is 17.1. The molecule has 240 valence electrons. The van der Waals surface area contributed by atoms with Gasteiger partial charge in [-0.1, -0.05) is 0 Å². The number of amides is 4. The van der Waals surface area contributed by atoms with Gasteiger partial charge in [-0.3, -0.25) is 24.0 Å². The summed E-state index contributed by atoms with van der Waals surface area (Å²) in [6, 6.07) is -1.19. The van der Waals surface area contributed by atoms with Crippen LogP contribution in [0.3, 0.4) is 0 Å². The summed E-state index contributed by atoms with van der Waals surface area (Å²) in [6.45, 7) is 2.06. The zero-order chi connectivity index (χ0) is 31.2. The molecule has 1 aliphatic rings. The molecule has 0 radical (unpaired) electrons. The van der Waals surface area contributed by atoms with Crippen LogP contribution in [0.1, 0.15) is 57.8 Å².